The van der Waals surface area contributed by atoms with Gasteiger partial charge in [-0.25, -0.2) is 6.33 Å². The fraction of sp³-hybridized carbons (Fsp3) is 0.833. The molecule has 66 valence electrons. The SMILES string of the molecule is [Li+].[c-]1nnnn1CN1CCOCC1. The van der Waals surface area contributed by atoms with Crippen molar-refractivity contribution in [2.24, 2.45) is 0 Å². The van der Waals surface area contributed by atoms with Crippen LogP contribution in [-0.2, 0) is 11.4 Å². The fourth-order valence-corrected chi connectivity index (χ4v) is 1.15. The number of nitrogens with zero attached hydrogens (tertiary/aromatic N) is 5. The van der Waals surface area contributed by atoms with Gasteiger partial charge in [0.25, 0.3) is 0 Å². The molecule has 0 amide bonds. The Morgan fingerprint density at radius 3 is 2.69 bits per heavy atom. The summed E-state index contributed by atoms with van der Waals surface area (Å²) in [5.74, 6) is 0. The molecule has 0 N–H and O–H groups in total. The minimum absolute atomic E-state index is 0. The Kier molecular flexibility index (Phi) is 4.39. The Balaban J connectivity index is 0.000000845. The molecule has 1 aliphatic heterocycles. The van der Waals surface area contributed by atoms with Gasteiger partial charge in [0.15, 0.2) is 0 Å². The second-order valence-corrected chi connectivity index (χ2v) is 2.65. The minimum Gasteiger partial charge on any atom is -0.395 e. The molecule has 0 saturated carbocycles. The van der Waals surface area contributed by atoms with E-state index in [0.29, 0.717) is 6.67 Å². The average molecular weight is 175 g/mol. The topological polar surface area (TPSA) is 56.1 Å². The monoisotopic (exact) mass is 175 g/mol. The van der Waals surface area contributed by atoms with E-state index in [2.05, 4.69) is 26.8 Å². The van der Waals surface area contributed by atoms with Gasteiger partial charge in [0.1, 0.15) is 0 Å². The third-order valence-electron chi connectivity index (χ3n) is 1.79. The summed E-state index contributed by atoms with van der Waals surface area (Å²) in [6, 6.07) is 0. The van der Waals surface area contributed by atoms with Crippen LogP contribution in [0.2, 0.25) is 0 Å². The zero-order valence-electron chi connectivity index (χ0n) is 7.68. The van der Waals surface area contributed by atoms with Gasteiger partial charge in [0, 0.05) is 13.1 Å². The van der Waals surface area contributed by atoms with Crippen LogP contribution in [0.4, 0.5) is 0 Å². The maximum absolute atomic E-state index is 5.21. The Morgan fingerprint density at radius 2 is 2.08 bits per heavy atom. The first-order valence-corrected chi connectivity index (χ1v) is 3.89. The van der Waals surface area contributed by atoms with Gasteiger partial charge < -0.3 is 14.5 Å². The maximum Gasteiger partial charge on any atom is 1.00 e. The zero-order chi connectivity index (χ0) is 8.23. The first-order valence-electron chi connectivity index (χ1n) is 3.89. The summed E-state index contributed by atoms with van der Waals surface area (Å²) in [6.07, 6.45) is 2.65. The van der Waals surface area contributed by atoms with E-state index in [9.17, 15) is 0 Å². The summed E-state index contributed by atoms with van der Waals surface area (Å²) in [4.78, 5) is 2.22. The van der Waals surface area contributed by atoms with E-state index in [1.54, 1.807) is 4.68 Å². The van der Waals surface area contributed by atoms with Gasteiger partial charge in [-0.1, -0.05) is 10.4 Å². The number of rotatable bonds is 2. The summed E-state index contributed by atoms with van der Waals surface area (Å²) in [5.41, 5.74) is 0. The third-order valence-corrected chi connectivity index (χ3v) is 1.79. The Labute approximate surface area is 88.4 Å². The Bertz CT molecular complexity index is 223. The smallest absolute Gasteiger partial charge is 0.395 e. The molecule has 1 aromatic rings. The minimum atomic E-state index is 0. The van der Waals surface area contributed by atoms with E-state index in [1.165, 1.54) is 0 Å². The van der Waals surface area contributed by atoms with E-state index >= 15 is 0 Å². The van der Waals surface area contributed by atoms with E-state index in [-0.39, 0.29) is 18.9 Å². The van der Waals surface area contributed by atoms with Crippen molar-refractivity contribution in [3.05, 3.63) is 6.33 Å². The van der Waals surface area contributed by atoms with Gasteiger partial charge in [-0.15, -0.1) is 0 Å². The molecule has 1 aromatic heterocycles. The van der Waals surface area contributed by atoms with Crippen LogP contribution in [0.1, 0.15) is 0 Å². The van der Waals surface area contributed by atoms with Gasteiger partial charge in [-0.2, -0.15) is 0 Å². The molecule has 1 aliphatic rings. The van der Waals surface area contributed by atoms with E-state index in [1.807, 2.05) is 0 Å². The molecule has 0 aliphatic carbocycles. The number of hydrogen-bond donors (Lipinski definition) is 0. The molecule has 2 heterocycles. The van der Waals surface area contributed by atoms with Crippen molar-refractivity contribution >= 4 is 0 Å². The predicted octanol–water partition coefficient (Wildman–Crippen LogP) is -4.23. The van der Waals surface area contributed by atoms with Crippen LogP contribution in [-0.4, -0.2) is 51.4 Å². The van der Waals surface area contributed by atoms with Gasteiger partial charge in [-0.3, -0.25) is 4.90 Å². The maximum atomic E-state index is 5.21. The summed E-state index contributed by atoms with van der Waals surface area (Å²) in [5, 5.41) is 10.7. The Hall–Kier alpha value is -0.413. The van der Waals surface area contributed by atoms with Crippen molar-refractivity contribution in [3.8, 4) is 0 Å². The predicted molar refractivity (Wildman–Crippen MR) is 39.0 cm³/mol. The molecule has 2 rings (SSSR count). The van der Waals surface area contributed by atoms with Crippen molar-refractivity contribution in [2.45, 2.75) is 6.67 Å². The largest absolute Gasteiger partial charge is 1.00 e. The molecule has 13 heavy (non-hydrogen) atoms. The van der Waals surface area contributed by atoms with Gasteiger partial charge in [0.05, 0.1) is 19.9 Å². The van der Waals surface area contributed by atoms with Gasteiger partial charge >= 0.3 is 18.9 Å². The molecular formula is C6H10LiN5O. The molecule has 7 heteroatoms. The first-order chi connectivity index (χ1) is 5.95. The Morgan fingerprint density at radius 1 is 1.31 bits per heavy atom. The molecular weight excluding hydrogens is 165 g/mol. The number of hydrogen-bond acceptors (Lipinski definition) is 5. The normalized spacial score (nSPS) is 18.2. The van der Waals surface area contributed by atoms with Crippen molar-refractivity contribution in [2.75, 3.05) is 26.3 Å². The summed E-state index contributed by atoms with van der Waals surface area (Å²) in [7, 11) is 0. The second-order valence-electron chi connectivity index (χ2n) is 2.65. The van der Waals surface area contributed by atoms with Gasteiger partial charge in [-0.05, 0) is 0 Å². The molecule has 0 bridgehead atoms. The molecule has 6 nitrogen and oxygen atoms in total. The average Bonchev–Trinajstić information content (AvgIpc) is 2.59. The van der Waals surface area contributed by atoms with Crippen LogP contribution in [0.15, 0.2) is 0 Å². The molecule has 1 fully saturated rings. The van der Waals surface area contributed by atoms with Crippen molar-refractivity contribution in [1.29, 1.82) is 0 Å². The number of tetrazole rings is 1. The van der Waals surface area contributed by atoms with Crippen LogP contribution in [0.25, 0.3) is 0 Å². The van der Waals surface area contributed by atoms with Gasteiger partial charge in [0.2, 0.25) is 0 Å². The fourth-order valence-electron chi connectivity index (χ4n) is 1.15. The first kappa shape index (κ1) is 10.7. The molecule has 0 unspecified atom stereocenters. The van der Waals surface area contributed by atoms with Crippen LogP contribution in [0, 0.1) is 6.33 Å². The zero-order valence-corrected chi connectivity index (χ0v) is 7.68. The van der Waals surface area contributed by atoms with Crippen molar-refractivity contribution in [3.63, 3.8) is 0 Å². The van der Waals surface area contributed by atoms with Crippen LogP contribution < -0.4 is 18.9 Å². The van der Waals surface area contributed by atoms with Crippen LogP contribution in [0.5, 0.6) is 0 Å². The van der Waals surface area contributed by atoms with E-state index < -0.39 is 0 Å². The summed E-state index contributed by atoms with van der Waals surface area (Å²) in [6.45, 7) is 4.17. The standard InChI is InChI=1S/C6H10N5O.Li/c1-3-12-4-2-10(1)6-11-5-7-8-9-11;/h1-4,6H2;/q-1;+1. The van der Waals surface area contributed by atoms with Crippen molar-refractivity contribution < 1.29 is 23.6 Å². The third kappa shape index (κ3) is 3.08. The number of aromatic nitrogens is 4. The molecule has 0 spiro atoms. The van der Waals surface area contributed by atoms with E-state index in [0.717, 1.165) is 26.3 Å². The number of morpholine rings is 1. The number of ether oxygens (including phenoxy) is 1. The molecule has 0 aromatic carbocycles. The molecule has 0 atom stereocenters. The van der Waals surface area contributed by atoms with E-state index in [4.69, 9.17) is 4.74 Å². The van der Waals surface area contributed by atoms with Crippen LogP contribution in [0.3, 0.4) is 0 Å². The summed E-state index contributed by atoms with van der Waals surface area (Å²) < 4.78 is 6.79. The second kappa shape index (κ2) is 5.35. The molecule has 0 radical (unpaired) electrons. The molecule has 1 saturated heterocycles. The summed E-state index contributed by atoms with van der Waals surface area (Å²) >= 11 is 0. The van der Waals surface area contributed by atoms with Crippen molar-refractivity contribution in [1.82, 2.24) is 25.1 Å². The van der Waals surface area contributed by atoms with Crippen LogP contribution >= 0.6 is 0 Å². The quantitative estimate of drug-likeness (QED) is 0.337.